The normalized spacial score (nSPS) is 9.87. The van der Waals surface area contributed by atoms with Gasteiger partial charge in [0.15, 0.2) is 0 Å². The van der Waals surface area contributed by atoms with E-state index in [1.165, 1.54) is 0 Å². The summed E-state index contributed by atoms with van der Waals surface area (Å²) >= 11 is 0. The highest BCUT2D eigenvalue weighted by Gasteiger charge is 2.08. The lowest BCUT2D eigenvalue weighted by molar-refractivity contribution is 1.06. The summed E-state index contributed by atoms with van der Waals surface area (Å²) in [5.41, 5.74) is 15.4. The SMILES string of the molecule is CC.Nc1ccc(Nc2nc(Nc3ccccc3)nc(Nc3ccc(N)cc3)n2)cc1. The lowest BCUT2D eigenvalue weighted by Gasteiger charge is -2.12. The van der Waals surface area contributed by atoms with Crippen molar-refractivity contribution in [2.75, 3.05) is 27.4 Å². The Balaban J connectivity index is 0.00000132. The molecule has 0 amide bonds. The maximum atomic E-state index is 5.75. The van der Waals surface area contributed by atoms with Gasteiger partial charge in [0.2, 0.25) is 17.8 Å². The van der Waals surface area contributed by atoms with Crippen molar-refractivity contribution in [3.05, 3.63) is 78.9 Å². The Hall–Kier alpha value is -4.33. The number of nitrogens with one attached hydrogen (secondary N) is 3. The lowest BCUT2D eigenvalue weighted by atomic mass is 10.3. The van der Waals surface area contributed by atoms with Gasteiger partial charge in [-0.25, -0.2) is 0 Å². The average molecular weight is 415 g/mol. The van der Waals surface area contributed by atoms with Crippen LogP contribution >= 0.6 is 0 Å². The molecule has 158 valence electrons. The Kier molecular flexibility index (Phi) is 7.21. The van der Waals surface area contributed by atoms with Crippen LogP contribution in [0.15, 0.2) is 78.9 Å². The van der Waals surface area contributed by atoms with Crippen LogP contribution in [0.5, 0.6) is 0 Å². The van der Waals surface area contributed by atoms with Crippen molar-refractivity contribution in [1.82, 2.24) is 15.0 Å². The molecule has 0 aliphatic rings. The van der Waals surface area contributed by atoms with Gasteiger partial charge < -0.3 is 27.4 Å². The number of hydrogen-bond donors (Lipinski definition) is 5. The maximum absolute atomic E-state index is 5.75. The van der Waals surface area contributed by atoms with Gasteiger partial charge in [-0.15, -0.1) is 0 Å². The minimum absolute atomic E-state index is 0.390. The second-order valence-corrected chi connectivity index (χ2v) is 6.29. The lowest BCUT2D eigenvalue weighted by Crippen LogP contribution is -2.07. The molecule has 3 aromatic carbocycles. The van der Waals surface area contributed by atoms with Crippen molar-refractivity contribution in [3.63, 3.8) is 0 Å². The molecule has 7 N–H and O–H groups in total. The van der Waals surface area contributed by atoms with Crippen LogP contribution in [-0.2, 0) is 0 Å². The molecule has 0 aliphatic heterocycles. The molecule has 8 heteroatoms. The number of nitrogen functional groups attached to an aromatic ring is 2. The van der Waals surface area contributed by atoms with Crippen molar-refractivity contribution in [1.29, 1.82) is 0 Å². The third-order valence-corrected chi connectivity index (χ3v) is 4.00. The molecule has 0 atom stereocenters. The zero-order valence-electron chi connectivity index (χ0n) is 17.5. The Labute approximate surface area is 181 Å². The van der Waals surface area contributed by atoms with Crippen LogP contribution < -0.4 is 27.4 Å². The Morgan fingerprint density at radius 1 is 0.484 bits per heavy atom. The number of rotatable bonds is 6. The van der Waals surface area contributed by atoms with Gasteiger partial charge in [0.1, 0.15) is 0 Å². The van der Waals surface area contributed by atoms with Crippen LogP contribution in [0.3, 0.4) is 0 Å². The van der Waals surface area contributed by atoms with Gasteiger partial charge in [-0.3, -0.25) is 0 Å². The molecular weight excluding hydrogens is 388 g/mol. The van der Waals surface area contributed by atoms with E-state index < -0.39 is 0 Å². The van der Waals surface area contributed by atoms with Gasteiger partial charge in [0.25, 0.3) is 0 Å². The number of nitrogens with zero attached hydrogens (tertiary/aromatic N) is 3. The highest BCUT2D eigenvalue weighted by atomic mass is 15.3. The molecule has 0 aliphatic carbocycles. The Morgan fingerprint density at radius 3 is 1.16 bits per heavy atom. The van der Waals surface area contributed by atoms with Crippen LogP contribution in [0.2, 0.25) is 0 Å². The molecule has 1 heterocycles. The van der Waals surface area contributed by atoms with E-state index in [0.717, 1.165) is 17.1 Å². The summed E-state index contributed by atoms with van der Waals surface area (Å²) in [6, 6.07) is 24.3. The molecule has 0 unspecified atom stereocenters. The molecule has 0 bridgehead atoms. The number of hydrogen-bond acceptors (Lipinski definition) is 8. The summed E-state index contributed by atoms with van der Waals surface area (Å²) in [6.45, 7) is 4.00. The summed E-state index contributed by atoms with van der Waals surface area (Å²) in [7, 11) is 0. The topological polar surface area (TPSA) is 127 Å². The fourth-order valence-corrected chi connectivity index (χ4v) is 2.59. The Morgan fingerprint density at radius 2 is 0.806 bits per heavy atom. The molecule has 0 spiro atoms. The minimum atomic E-state index is 0.390. The number of anilines is 8. The van der Waals surface area contributed by atoms with Gasteiger partial charge >= 0.3 is 0 Å². The third-order valence-electron chi connectivity index (χ3n) is 4.00. The zero-order chi connectivity index (χ0) is 22.1. The summed E-state index contributed by atoms with van der Waals surface area (Å²) in [5, 5.41) is 9.54. The molecule has 8 nitrogen and oxygen atoms in total. The van der Waals surface area contributed by atoms with Crippen LogP contribution in [0, 0.1) is 0 Å². The molecule has 0 saturated carbocycles. The molecule has 1 aromatic heterocycles. The minimum Gasteiger partial charge on any atom is -0.399 e. The van der Waals surface area contributed by atoms with E-state index in [1.807, 2.05) is 68.4 Å². The van der Waals surface area contributed by atoms with Crippen molar-refractivity contribution in [2.24, 2.45) is 0 Å². The van der Waals surface area contributed by atoms with E-state index in [-0.39, 0.29) is 0 Å². The zero-order valence-corrected chi connectivity index (χ0v) is 17.5. The van der Waals surface area contributed by atoms with Crippen LogP contribution in [0.4, 0.5) is 46.3 Å². The summed E-state index contributed by atoms with van der Waals surface area (Å²) in [4.78, 5) is 13.4. The van der Waals surface area contributed by atoms with E-state index in [2.05, 4.69) is 30.9 Å². The predicted octanol–water partition coefficient (Wildman–Crippen LogP) is 5.29. The fourth-order valence-electron chi connectivity index (χ4n) is 2.59. The summed E-state index contributed by atoms with van der Waals surface area (Å²) in [6.07, 6.45) is 0. The largest absolute Gasteiger partial charge is 0.399 e. The molecule has 31 heavy (non-hydrogen) atoms. The maximum Gasteiger partial charge on any atom is 0.233 e. The highest BCUT2D eigenvalue weighted by Crippen LogP contribution is 2.21. The van der Waals surface area contributed by atoms with Crippen molar-refractivity contribution < 1.29 is 0 Å². The summed E-state index contributed by atoms with van der Waals surface area (Å²) < 4.78 is 0. The van der Waals surface area contributed by atoms with E-state index in [4.69, 9.17) is 11.5 Å². The standard InChI is InChI=1S/C21H20N8.C2H6/c22-14-6-10-17(11-7-14)25-20-27-19(24-16-4-2-1-3-5-16)28-21(29-20)26-18-12-8-15(23)9-13-18;1-2/h1-13H,22-23H2,(H3,24,25,26,27,28,29);1-2H3. The van der Waals surface area contributed by atoms with E-state index in [0.29, 0.717) is 29.2 Å². The van der Waals surface area contributed by atoms with Gasteiger partial charge in [-0.1, -0.05) is 32.0 Å². The number of nitrogens with two attached hydrogens (primary N) is 2. The quantitative estimate of drug-likeness (QED) is 0.269. The second kappa shape index (κ2) is 10.4. The van der Waals surface area contributed by atoms with Crippen molar-refractivity contribution in [3.8, 4) is 0 Å². The van der Waals surface area contributed by atoms with Crippen LogP contribution in [0.1, 0.15) is 13.8 Å². The average Bonchev–Trinajstić information content (AvgIpc) is 2.79. The molecule has 0 radical (unpaired) electrons. The monoisotopic (exact) mass is 414 g/mol. The van der Waals surface area contributed by atoms with E-state index in [9.17, 15) is 0 Å². The number of para-hydroxylation sites is 1. The van der Waals surface area contributed by atoms with Crippen molar-refractivity contribution in [2.45, 2.75) is 13.8 Å². The van der Waals surface area contributed by atoms with Gasteiger partial charge in [0.05, 0.1) is 0 Å². The molecule has 4 aromatic rings. The first-order valence-corrected chi connectivity index (χ1v) is 9.97. The van der Waals surface area contributed by atoms with Gasteiger partial charge in [-0.2, -0.15) is 15.0 Å². The first-order chi connectivity index (χ1) is 15.1. The van der Waals surface area contributed by atoms with E-state index >= 15 is 0 Å². The second-order valence-electron chi connectivity index (χ2n) is 6.29. The number of benzene rings is 3. The molecule has 0 saturated heterocycles. The smallest absolute Gasteiger partial charge is 0.233 e. The first kappa shape index (κ1) is 21.4. The molecular formula is C23H26N8. The van der Waals surface area contributed by atoms with Crippen molar-refractivity contribution >= 4 is 46.3 Å². The predicted molar refractivity (Wildman–Crippen MR) is 129 cm³/mol. The Bertz CT molecular complexity index is 1020. The van der Waals surface area contributed by atoms with E-state index in [1.54, 1.807) is 24.3 Å². The van der Waals surface area contributed by atoms with Gasteiger partial charge in [-0.05, 0) is 60.7 Å². The number of aromatic nitrogens is 3. The fraction of sp³-hybridized carbons (Fsp3) is 0.0870. The highest BCUT2D eigenvalue weighted by molar-refractivity contribution is 5.63. The van der Waals surface area contributed by atoms with Gasteiger partial charge in [0, 0.05) is 28.4 Å². The summed E-state index contributed by atoms with van der Waals surface area (Å²) in [5.74, 6) is 1.18. The first-order valence-electron chi connectivity index (χ1n) is 9.97. The third kappa shape index (κ3) is 6.33. The van der Waals surface area contributed by atoms with Crippen LogP contribution in [-0.4, -0.2) is 15.0 Å². The molecule has 4 rings (SSSR count). The molecule has 0 fully saturated rings. The van der Waals surface area contributed by atoms with Crippen LogP contribution in [0.25, 0.3) is 0 Å².